The molecule has 2 saturated heterocycles. The second-order valence-electron chi connectivity index (χ2n) is 5.37. The minimum atomic E-state index is -3.24. The van der Waals surface area contributed by atoms with Crippen molar-refractivity contribution in [1.82, 2.24) is 0 Å². The van der Waals surface area contributed by atoms with Crippen molar-refractivity contribution < 1.29 is 17.9 Å². The Morgan fingerprint density at radius 1 is 1.20 bits per heavy atom. The number of benzene rings is 1. The zero-order chi connectivity index (χ0) is 14.2. The number of ether oxygens (including phenoxy) is 2. The Balaban J connectivity index is 1.93. The lowest BCUT2D eigenvalue weighted by molar-refractivity contribution is -0.161. The molecule has 5 nitrogen and oxygen atoms in total. The number of nitrogens with zero attached hydrogens (tertiary/aromatic N) is 1. The first-order valence-corrected chi connectivity index (χ1v) is 8.71. The highest BCUT2D eigenvalue weighted by Gasteiger charge is 2.41. The van der Waals surface area contributed by atoms with Gasteiger partial charge < -0.3 is 14.4 Å². The van der Waals surface area contributed by atoms with Crippen LogP contribution in [0.25, 0.3) is 0 Å². The lowest BCUT2D eigenvalue weighted by Gasteiger charge is -2.40. The first kappa shape index (κ1) is 13.9. The molecule has 20 heavy (non-hydrogen) atoms. The Labute approximate surface area is 119 Å². The summed E-state index contributed by atoms with van der Waals surface area (Å²) in [5.41, 5.74) is 0.744. The van der Waals surface area contributed by atoms with Crippen molar-refractivity contribution in [3.05, 3.63) is 24.3 Å². The van der Waals surface area contributed by atoms with E-state index in [1.54, 1.807) is 12.1 Å². The van der Waals surface area contributed by atoms with Crippen LogP contribution in [0.15, 0.2) is 29.2 Å². The average molecular weight is 297 g/mol. The van der Waals surface area contributed by atoms with Gasteiger partial charge >= 0.3 is 0 Å². The fourth-order valence-corrected chi connectivity index (χ4v) is 3.86. The third-order valence-corrected chi connectivity index (χ3v) is 4.98. The second kappa shape index (κ2) is 5.02. The van der Waals surface area contributed by atoms with Crippen molar-refractivity contribution >= 4 is 15.5 Å². The molecule has 1 aromatic rings. The van der Waals surface area contributed by atoms with Gasteiger partial charge in [-0.1, -0.05) is 12.1 Å². The van der Waals surface area contributed by atoms with Gasteiger partial charge in [-0.3, -0.25) is 0 Å². The molecule has 0 amide bonds. The lowest BCUT2D eigenvalue weighted by atomic mass is 10.0. The van der Waals surface area contributed by atoms with E-state index in [4.69, 9.17) is 9.47 Å². The molecule has 0 bridgehead atoms. The molecule has 6 heteroatoms. The van der Waals surface area contributed by atoms with Crippen LogP contribution in [-0.2, 0) is 19.3 Å². The minimum absolute atomic E-state index is 0.370. The molecule has 2 aliphatic rings. The van der Waals surface area contributed by atoms with Crippen LogP contribution in [0.4, 0.5) is 5.69 Å². The molecule has 1 spiro atoms. The number of rotatable bonds is 2. The molecule has 3 rings (SSSR count). The molecule has 0 saturated carbocycles. The predicted molar refractivity (Wildman–Crippen MR) is 75.6 cm³/mol. The van der Waals surface area contributed by atoms with Gasteiger partial charge in [0.25, 0.3) is 0 Å². The van der Waals surface area contributed by atoms with E-state index in [2.05, 4.69) is 4.90 Å². The maximum Gasteiger partial charge on any atom is 0.186 e. The standard InChI is InChI=1S/C14H19NO4S/c1-20(16,17)13-6-3-2-5-12(13)15-8-4-7-14(11-15)18-9-10-19-14/h2-3,5-6H,4,7-11H2,1H3. The molecule has 0 unspecified atom stereocenters. The topological polar surface area (TPSA) is 55.8 Å². The Hall–Kier alpha value is -1.11. The van der Waals surface area contributed by atoms with E-state index in [0.29, 0.717) is 24.7 Å². The van der Waals surface area contributed by atoms with Gasteiger partial charge in [-0.2, -0.15) is 0 Å². The SMILES string of the molecule is CS(=O)(=O)c1ccccc1N1CCCC2(C1)OCCO2. The zero-order valence-electron chi connectivity index (χ0n) is 11.5. The summed E-state index contributed by atoms with van der Waals surface area (Å²) in [7, 11) is -3.24. The van der Waals surface area contributed by atoms with Gasteiger partial charge in [-0.05, 0) is 18.6 Å². The van der Waals surface area contributed by atoms with E-state index >= 15 is 0 Å². The Kier molecular flexibility index (Phi) is 3.48. The molecule has 110 valence electrons. The highest BCUT2D eigenvalue weighted by molar-refractivity contribution is 7.90. The van der Waals surface area contributed by atoms with Crippen LogP contribution < -0.4 is 4.90 Å². The Bertz CT molecular complexity index is 593. The molecule has 0 radical (unpaired) electrons. The molecule has 2 heterocycles. The van der Waals surface area contributed by atoms with Crippen molar-refractivity contribution in [2.24, 2.45) is 0 Å². The van der Waals surface area contributed by atoms with Crippen molar-refractivity contribution in [3.63, 3.8) is 0 Å². The maximum atomic E-state index is 11.9. The summed E-state index contributed by atoms with van der Waals surface area (Å²) in [6.07, 6.45) is 3.04. The van der Waals surface area contributed by atoms with Gasteiger partial charge in [0.2, 0.25) is 0 Å². The summed E-state index contributed by atoms with van der Waals surface area (Å²) in [6, 6.07) is 7.12. The molecule has 2 aliphatic heterocycles. The van der Waals surface area contributed by atoms with Gasteiger partial charge in [0.1, 0.15) is 0 Å². The van der Waals surface area contributed by atoms with Gasteiger partial charge in [0, 0.05) is 19.2 Å². The van der Waals surface area contributed by atoms with Gasteiger partial charge in [0.15, 0.2) is 15.6 Å². The number of sulfone groups is 1. The smallest absolute Gasteiger partial charge is 0.186 e. The Morgan fingerprint density at radius 2 is 1.90 bits per heavy atom. The van der Waals surface area contributed by atoms with E-state index in [1.807, 2.05) is 12.1 Å². The lowest BCUT2D eigenvalue weighted by Crippen LogP contribution is -2.49. The molecular weight excluding hydrogens is 278 g/mol. The largest absolute Gasteiger partial charge is 0.365 e. The normalized spacial score (nSPS) is 22.4. The van der Waals surface area contributed by atoms with Crippen LogP contribution >= 0.6 is 0 Å². The fraction of sp³-hybridized carbons (Fsp3) is 0.571. The third kappa shape index (κ3) is 2.55. The number of anilines is 1. The molecule has 0 aliphatic carbocycles. The van der Waals surface area contributed by atoms with Crippen molar-refractivity contribution in [2.45, 2.75) is 23.5 Å². The minimum Gasteiger partial charge on any atom is -0.365 e. The van der Waals surface area contributed by atoms with Crippen LogP contribution in [0.5, 0.6) is 0 Å². The summed E-state index contributed by atoms with van der Waals surface area (Å²) in [6.45, 7) is 2.63. The van der Waals surface area contributed by atoms with E-state index in [1.165, 1.54) is 6.26 Å². The van der Waals surface area contributed by atoms with E-state index in [9.17, 15) is 8.42 Å². The van der Waals surface area contributed by atoms with Crippen LogP contribution in [0, 0.1) is 0 Å². The molecule has 2 fully saturated rings. The fourth-order valence-electron chi connectivity index (χ4n) is 2.96. The molecular formula is C14H19NO4S. The third-order valence-electron chi connectivity index (χ3n) is 3.84. The van der Waals surface area contributed by atoms with Gasteiger partial charge in [-0.15, -0.1) is 0 Å². The number of para-hydroxylation sites is 1. The van der Waals surface area contributed by atoms with Crippen LogP contribution in [0.1, 0.15) is 12.8 Å². The van der Waals surface area contributed by atoms with Crippen molar-refractivity contribution in [2.75, 3.05) is 37.5 Å². The predicted octanol–water partition coefficient (Wildman–Crippen LogP) is 1.43. The average Bonchev–Trinajstić information content (AvgIpc) is 2.86. The van der Waals surface area contributed by atoms with Gasteiger partial charge in [-0.25, -0.2) is 8.42 Å². The quantitative estimate of drug-likeness (QED) is 0.826. The van der Waals surface area contributed by atoms with Crippen molar-refractivity contribution in [1.29, 1.82) is 0 Å². The first-order valence-electron chi connectivity index (χ1n) is 6.82. The van der Waals surface area contributed by atoms with Gasteiger partial charge in [0.05, 0.1) is 30.3 Å². The van der Waals surface area contributed by atoms with E-state index in [-0.39, 0.29) is 0 Å². The number of piperidine rings is 1. The second-order valence-corrected chi connectivity index (χ2v) is 7.36. The zero-order valence-corrected chi connectivity index (χ0v) is 12.4. The summed E-state index contributed by atoms with van der Waals surface area (Å²) in [5, 5.41) is 0. The monoisotopic (exact) mass is 297 g/mol. The molecule has 0 atom stereocenters. The molecule has 0 N–H and O–H groups in total. The highest BCUT2D eigenvalue weighted by atomic mass is 32.2. The summed E-state index contributed by atoms with van der Waals surface area (Å²) < 4.78 is 35.3. The summed E-state index contributed by atoms with van der Waals surface area (Å²) in [4.78, 5) is 2.43. The van der Waals surface area contributed by atoms with Crippen LogP contribution in [0.2, 0.25) is 0 Å². The highest BCUT2D eigenvalue weighted by Crippen LogP contribution is 2.34. The van der Waals surface area contributed by atoms with Crippen molar-refractivity contribution in [3.8, 4) is 0 Å². The maximum absolute atomic E-state index is 11.9. The van der Waals surface area contributed by atoms with E-state index in [0.717, 1.165) is 25.1 Å². The molecule has 1 aromatic carbocycles. The Morgan fingerprint density at radius 3 is 2.60 bits per heavy atom. The number of hydrogen-bond donors (Lipinski definition) is 0. The summed E-state index contributed by atoms with van der Waals surface area (Å²) in [5.74, 6) is -0.553. The number of hydrogen-bond acceptors (Lipinski definition) is 5. The molecule has 0 aromatic heterocycles. The van der Waals surface area contributed by atoms with Crippen LogP contribution in [0.3, 0.4) is 0 Å². The van der Waals surface area contributed by atoms with Crippen LogP contribution in [-0.4, -0.2) is 46.8 Å². The summed E-state index contributed by atoms with van der Waals surface area (Å²) >= 11 is 0. The van der Waals surface area contributed by atoms with E-state index < -0.39 is 15.6 Å². The first-order chi connectivity index (χ1) is 9.50.